The Balaban J connectivity index is 2.51. The molecule has 0 atom stereocenters. The van der Waals surface area contributed by atoms with Gasteiger partial charge in [0.25, 0.3) is 5.69 Å². The van der Waals surface area contributed by atoms with E-state index in [9.17, 15) is 10.1 Å². The number of benzene rings is 1. The fraction of sp³-hybridized carbons (Fsp3) is 0.357. The third-order valence-electron chi connectivity index (χ3n) is 3.15. The van der Waals surface area contributed by atoms with Gasteiger partial charge in [0.05, 0.1) is 16.0 Å². The topological polar surface area (TPSA) is 88.3 Å². The number of non-ortho nitro benzene ring substituents is 1. The molecular weight excluding hydrogens is 258 g/mol. The summed E-state index contributed by atoms with van der Waals surface area (Å²) in [5, 5.41) is 23.9. The Hall–Kier alpha value is -2.21. The quantitative estimate of drug-likeness (QED) is 0.647. The number of fused-ring (bicyclic) bond motifs is 1. The molecule has 0 saturated carbocycles. The van der Waals surface area contributed by atoms with E-state index in [1.165, 1.54) is 6.07 Å². The van der Waals surface area contributed by atoms with Crippen LogP contribution >= 0.6 is 0 Å². The van der Waals surface area contributed by atoms with Gasteiger partial charge in [0.1, 0.15) is 5.52 Å². The molecular formula is C14H17N3O3. The molecule has 0 amide bonds. The van der Waals surface area contributed by atoms with Crippen LogP contribution in [0.3, 0.4) is 0 Å². The van der Waals surface area contributed by atoms with E-state index in [1.807, 2.05) is 13.8 Å². The van der Waals surface area contributed by atoms with E-state index in [0.29, 0.717) is 17.3 Å². The van der Waals surface area contributed by atoms with E-state index in [1.54, 1.807) is 24.4 Å². The van der Waals surface area contributed by atoms with Crippen LogP contribution in [0.4, 0.5) is 11.4 Å². The van der Waals surface area contributed by atoms with Crippen LogP contribution in [0.2, 0.25) is 0 Å². The summed E-state index contributed by atoms with van der Waals surface area (Å²) in [6, 6.07) is 6.50. The lowest BCUT2D eigenvalue weighted by Crippen LogP contribution is -2.32. The molecule has 1 aromatic heterocycles. The summed E-state index contributed by atoms with van der Waals surface area (Å²) in [6.45, 7) is 3.98. The van der Waals surface area contributed by atoms with Gasteiger partial charge in [0, 0.05) is 24.4 Å². The predicted octanol–water partition coefficient (Wildman–Crippen LogP) is 2.72. The van der Waals surface area contributed by atoms with Crippen LogP contribution in [0.25, 0.3) is 10.9 Å². The van der Waals surface area contributed by atoms with Crippen molar-refractivity contribution in [2.45, 2.75) is 25.8 Å². The van der Waals surface area contributed by atoms with Gasteiger partial charge < -0.3 is 10.4 Å². The zero-order valence-corrected chi connectivity index (χ0v) is 11.5. The minimum atomic E-state index is -0.410. The molecule has 2 N–H and O–H groups in total. The molecule has 6 nitrogen and oxygen atoms in total. The Labute approximate surface area is 116 Å². The largest absolute Gasteiger partial charge is 0.396 e. The van der Waals surface area contributed by atoms with E-state index in [2.05, 4.69) is 10.3 Å². The van der Waals surface area contributed by atoms with Crippen molar-refractivity contribution in [2.24, 2.45) is 0 Å². The fourth-order valence-electron chi connectivity index (χ4n) is 2.12. The Morgan fingerprint density at radius 2 is 2.15 bits per heavy atom. The van der Waals surface area contributed by atoms with Crippen LogP contribution in [0.5, 0.6) is 0 Å². The summed E-state index contributed by atoms with van der Waals surface area (Å²) in [5.74, 6) is 0. The third-order valence-corrected chi connectivity index (χ3v) is 3.15. The molecule has 1 aromatic carbocycles. The second-order valence-corrected chi connectivity index (χ2v) is 5.27. The van der Waals surface area contributed by atoms with Crippen molar-refractivity contribution in [3.05, 3.63) is 40.6 Å². The van der Waals surface area contributed by atoms with Crippen molar-refractivity contribution in [3.63, 3.8) is 0 Å². The zero-order valence-electron chi connectivity index (χ0n) is 11.5. The molecule has 2 rings (SSSR count). The molecule has 0 aliphatic heterocycles. The summed E-state index contributed by atoms with van der Waals surface area (Å²) in [4.78, 5) is 14.9. The number of nitro groups is 1. The molecule has 0 spiro atoms. The summed E-state index contributed by atoms with van der Waals surface area (Å²) < 4.78 is 0. The van der Waals surface area contributed by atoms with E-state index in [4.69, 9.17) is 5.11 Å². The number of rotatable bonds is 5. The number of nitrogens with zero attached hydrogens (tertiary/aromatic N) is 2. The lowest BCUT2D eigenvalue weighted by molar-refractivity contribution is -0.383. The lowest BCUT2D eigenvalue weighted by Gasteiger charge is -2.27. The van der Waals surface area contributed by atoms with Crippen LogP contribution in [0.15, 0.2) is 30.5 Å². The van der Waals surface area contributed by atoms with Gasteiger partial charge in [-0.1, -0.05) is 0 Å². The predicted molar refractivity (Wildman–Crippen MR) is 77.8 cm³/mol. The maximum Gasteiger partial charge on any atom is 0.278 e. The molecule has 0 aliphatic rings. The van der Waals surface area contributed by atoms with E-state index < -0.39 is 4.92 Å². The first-order valence-corrected chi connectivity index (χ1v) is 6.36. The second kappa shape index (κ2) is 5.42. The van der Waals surface area contributed by atoms with Crippen molar-refractivity contribution in [3.8, 4) is 0 Å². The Kier molecular flexibility index (Phi) is 3.85. The molecule has 0 radical (unpaired) electrons. The van der Waals surface area contributed by atoms with Gasteiger partial charge in [-0.25, -0.2) is 0 Å². The summed E-state index contributed by atoms with van der Waals surface area (Å²) in [7, 11) is 0. The van der Waals surface area contributed by atoms with Crippen molar-refractivity contribution in [2.75, 3.05) is 11.9 Å². The Bertz CT molecular complexity index is 641. The van der Waals surface area contributed by atoms with Gasteiger partial charge in [-0.15, -0.1) is 0 Å². The Morgan fingerprint density at radius 3 is 2.80 bits per heavy atom. The number of nitrogens with one attached hydrogen (secondary N) is 1. The van der Waals surface area contributed by atoms with Gasteiger partial charge in [-0.2, -0.15) is 0 Å². The van der Waals surface area contributed by atoms with Crippen LogP contribution < -0.4 is 5.32 Å². The highest BCUT2D eigenvalue weighted by Gasteiger charge is 2.20. The first-order chi connectivity index (χ1) is 9.44. The van der Waals surface area contributed by atoms with E-state index in [-0.39, 0.29) is 17.8 Å². The smallest absolute Gasteiger partial charge is 0.278 e. The second-order valence-electron chi connectivity index (χ2n) is 5.27. The molecule has 0 aliphatic carbocycles. The molecule has 20 heavy (non-hydrogen) atoms. The third kappa shape index (κ3) is 2.85. The van der Waals surface area contributed by atoms with Crippen LogP contribution in [-0.2, 0) is 0 Å². The van der Waals surface area contributed by atoms with Crippen molar-refractivity contribution >= 4 is 22.3 Å². The number of nitro benzene ring substituents is 1. The highest BCUT2D eigenvalue weighted by molar-refractivity contribution is 5.96. The molecule has 0 bridgehead atoms. The van der Waals surface area contributed by atoms with Crippen LogP contribution in [-0.4, -0.2) is 27.2 Å². The molecule has 106 valence electrons. The van der Waals surface area contributed by atoms with E-state index in [0.717, 1.165) is 5.69 Å². The van der Waals surface area contributed by atoms with Crippen LogP contribution in [0, 0.1) is 10.1 Å². The zero-order chi connectivity index (χ0) is 14.8. The number of anilines is 1. The number of aliphatic hydroxyl groups is 1. The van der Waals surface area contributed by atoms with Gasteiger partial charge in [0.15, 0.2) is 0 Å². The molecule has 0 unspecified atom stereocenters. The number of pyridine rings is 1. The number of aromatic nitrogens is 1. The molecule has 0 saturated heterocycles. The van der Waals surface area contributed by atoms with Gasteiger partial charge in [-0.05, 0) is 38.5 Å². The first-order valence-electron chi connectivity index (χ1n) is 6.36. The van der Waals surface area contributed by atoms with Gasteiger partial charge in [0.2, 0.25) is 0 Å². The lowest BCUT2D eigenvalue weighted by atomic mass is 10.00. The fourth-order valence-corrected chi connectivity index (χ4v) is 2.12. The molecule has 1 heterocycles. The average molecular weight is 275 g/mol. The van der Waals surface area contributed by atoms with E-state index >= 15 is 0 Å². The number of aliphatic hydroxyl groups excluding tert-OH is 1. The normalized spacial score (nSPS) is 11.6. The maximum absolute atomic E-state index is 11.0. The standard InChI is InChI=1S/C14H17N3O3/c1-14(2,7-9-18)16-11-5-6-12(17(19)20)10-4-3-8-15-13(10)11/h3-6,8,16,18H,7,9H2,1-2H3. The summed E-state index contributed by atoms with van der Waals surface area (Å²) in [6.07, 6.45) is 2.18. The molecule has 6 heteroatoms. The highest BCUT2D eigenvalue weighted by Crippen LogP contribution is 2.31. The monoisotopic (exact) mass is 275 g/mol. The molecule has 0 fully saturated rings. The number of hydrogen-bond donors (Lipinski definition) is 2. The minimum Gasteiger partial charge on any atom is -0.396 e. The highest BCUT2D eigenvalue weighted by atomic mass is 16.6. The van der Waals surface area contributed by atoms with Gasteiger partial charge in [-0.3, -0.25) is 15.1 Å². The molecule has 2 aromatic rings. The first kappa shape index (κ1) is 14.2. The van der Waals surface area contributed by atoms with Crippen LogP contribution in [0.1, 0.15) is 20.3 Å². The SMILES string of the molecule is CC(C)(CCO)Nc1ccc([N+](=O)[O-])c2cccnc12. The Morgan fingerprint density at radius 1 is 1.40 bits per heavy atom. The summed E-state index contributed by atoms with van der Waals surface area (Å²) >= 11 is 0. The van der Waals surface area contributed by atoms with Crippen molar-refractivity contribution in [1.82, 2.24) is 4.98 Å². The minimum absolute atomic E-state index is 0.0404. The number of hydrogen-bond acceptors (Lipinski definition) is 5. The summed E-state index contributed by atoms with van der Waals surface area (Å²) in [5.41, 5.74) is 1.01. The van der Waals surface area contributed by atoms with Crippen molar-refractivity contribution < 1.29 is 10.0 Å². The van der Waals surface area contributed by atoms with Gasteiger partial charge >= 0.3 is 0 Å². The van der Waals surface area contributed by atoms with Crippen molar-refractivity contribution in [1.29, 1.82) is 0 Å². The maximum atomic E-state index is 11.0. The average Bonchev–Trinajstić information content (AvgIpc) is 2.38.